The van der Waals surface area contributed by atoms with Gasteiger partial charge in [0.1, 0.15) is 6.54 Å². The SMILES string of the molecule is CCc1ccc(NC(=O)N(CC(=O)N(CCOC)Cc2cccn2C)C(C)C)cc1. The molecule has 0 aliphatic rings. The molecule has 2 rings (SSSR count). The Morgan fingerprint density at radius 2 is 1.87 bits per heavy atom. The number of ether oxygens (including phenoxy) is 1. The molecule has 164 valence electrons. The minimum absolute atomic E-state index is 0.00464. The van der Waals surface area contributed by atoms with Crippen LogP contribution in [0, 0.1) is 0 Å². The van der Waals surface area contributed by atoms with Gasteiger partial charge in [0.2, 0.25) is 5.91 Å². The van der Waals surface area contributed by atoms with Gasteiger partial charge in [0.05, 0.1) is 13.2 Å². The van der Waals surface area contributed by atoms with E-state index in [0.717, 1.165) is 17.8 Å². The number of nitrogens with one attached hydrogen (secondary N) is 1. The Bertz CT molecular complexity index is 814. The fourth-order valence-corrected chi connectivity index (χ4v) is 3.10. The predicted octanol–water partition coefficient (Wildman–Crippen LogP) is 3.51. The monoisotopic (exact) mass is 414 g/mol. The van der Waals surface area contributed by atoms with Crippen LogP contribution in [0.15, 0.2) is 42.6 Å². The molecule has 0 fully saturated rings. The van der Waals surface area contributed by atoms with E-state index in [1.807, 2.05) is 68.1 Å². The van der Waals surface area contributed by atoms with Crippen molar-refractivity contribution in [2.75, 3.05) is 32.1 Å². The number of amides is 3. The Kier molecular flexibility index (Phi) is 8.92. The van der Waals surface area contributed by atoms with Gasteiger partial charge in [-0.25, -0.2) is 4.79 Å². The van der Waals surface area contributed by atoms with Crippen molar-refractivity contribution < 1.29 is 14.3 Å². The van der Waals surface area contributed by atoms with E-state index >= 15 is 0 Å². The summed E-state index contributed by atoms with van der Waals surface area (Å²) < 4.78 is 7.16. The fraction of sp³-hybridized carbons (Fsp3) is 0.478. The van der Waals surface area contributed by atoms with E-state index in [9.17, 15) is 9.59 Å². The quantitative estimate of drug-likeness (QED) is 0.647. The lowest BCUT2D eigenvalue weighted by atomic mass is 10.1. The van der Waals surface area contributed by atoms with E-state index in [-0.39, 0.29) is 24.5 Å². The third-order valence-electron chi connectivity index (χ3n) is 5.13. The molecule has 0 saturated heterocycles. The number of nitrogens with zero attached hydrogens (tertiary/aromatic N) is 3. The number of carbonyl (C=O) groups excluding carboxylic acids is 2. The lowest BCUT2D eigenvalue weighted by Gasteiger charge is -2.30. The van der Waals surface area contributed by atoms with Crippen LogP contribution >= 0.6 is 0 Å². The number of hydrogen-bond acceptors (Lipinski definition) is 3. The number of benzene rings is 1. The average Bonchev–Trinajstić information content (AvgIpc) is 3.13. The van der Waals surface area contributed by atoms with E-state index in [4.69, 9.17) is 4.74 Å². The van der Waals surface area contributed by atoms with Gasteiger partial charge in [0, 0.05) is 44.3 Å². The number of anilines is 1. The van der Waals surface area contributed by atoms with Crippen molar-refractivity contribution in [1.29, 1.82) is 0 Å². The largest absolute Gasteiger partial charge is 0.383 e. The van der Waals surface area contributed by atoms with Crippen LogP contribution in [0.1, 0.15) is 32.0 Å². The van der Waals surface area contributed by atoms with Gasteiger partial charge in [-0.1, -0.05) is 19.1 Å². The Balaban J connectivity index is 2.08. The Morgan fingerprint density at radius 3 is 2.40 bits per heavy atom. The van der Waals surface area contributed by atoms with Crippen molar-refractivity contribution >= 4 is 17.6 Å². The molecular formula is C23H34N4O3. The number of carbonyl (C=O) groups is 2. The zero-order valence-corrected chi connectivity index (χ0v) is 18.7. The van der Waals surface area contributed by atoms with Gasteiger partial charge in [-0.05, 0) is 50.1 Å². The van der Waals surface area contributed by atoms with Crippen molar-refractivity contribution in [2.24, 2.45) is 7.05 Å². The highest BCUT2D eigenvalue weighted by Crippen LogP contribution is 2.13. The smallest absolute Gasteiger partial charge is 0.322 e. The molecule has 7 nitrogen and oxygen atoms in total. The molecule has 0 radical (unpaired) electrons. The first-order chi connectivity index (χ1) is 14.3. The molecule has 1 aromatic carbocycles. The number of methoxy groups -OCH3 is 1. The molecule has 30 heavy (non-hydrogen) atoms. The minimum Gasteiger partial charge on any atom is -0.383 e. The standard InChI is InChI=1S/C23H34N4O3/c1-6-19-9-11-20(12-10-19)24-23(29)27(18(2)3)17-22(28)26(14-15-30-5)16-21-8-7-13-25(21)4/h7-13,18H,6,14-17H2,1-5H3,(H,24,29). The summed E-state index contributed by atoms with van der Waals surface area (Å²) in [5.74, 6) is -0.113. The molecule has 3 amide bonds. The number of aromatic nitrogens is 1. The van der Waals surface area contributed by atoms with Crippen molar-refractivity contribution in [2.45, 2.75) is 39.8 Å². The molecule has 0 aliphatic carbocycles. The first-order valence-electron chi connectivity index (χ1n) is 10.4. The van der Waals surface area contributed by atoms with Gasteiger partial charge < -0.3 is 24.4 Å². The lowest BCUT2D eigenvalue weighted by molar-refractivity contribution is -0.133. The van der Waals surface area contributed by atoms with Crippen LogP contribution < -0.4 is 5.32 Å². The van der Waals surface area contributed by atoms with Gasteiger partial charge in [0.25, 0.3) is 0 Å². The molecule has 1 N–H and O–H groups in total. The maximum absolute atomic E-state index is 13.1. The molecular weight excluding hydrogens is 380 g/mol. The van der Waals surface area contributed by atoms with Crippen molar-refractivity contribution in [1.82, 2.24) is 14.4 Å². The van der Waals surface area contributed by atoms with E-state index in [1.54, 1.807) is 16.9 Å². The second-order valence-corrected chi connectivity index (χ2v) is 7.62. The summed E-state index contributed by atoms with van der Waals surface area (Å²) in [5, 5.41) is 2.90. The molecule has 1 aromatic heterocycles. The molecule has 0 atom stereocenters. The second kappa shape index (κ2) is 11.4. The highest BCUT2D eigenvalue weighted by Gasteiger charge is 2.24. The Labute approximate surface area is 179 Å². The zero-order chi connectivity index (χ0) is 22.1. The van der Waals surface area contributed by atoms with Crippen LogP contribution in [0.4, 0.5) is 10.5 Å². The zero-order valence-electron chi connectivity index (χ0n) is 18.7. The minimum atomic E-state index is -0.284. The van der Waals surface area contributed by atoms with E-state index in [2.05, 4.69) is 12.2 Å². The molecule has 2 aromatic rings. The van der Waals surface area contributed by atoms with Gasteiger partial charge in [0.15, 0.2) is 0 Å². The predicted molar refractivity (Wildman–Crippen MR) is 119 cm³/mol. The third-order valence-corrected chi connectivity index (χ3v) is 5.13. The van der Waals surface area contributed by atoms with E-state index < -0.39 is 0 Å². The van der Waals surface area contributed by atoms with Gasteiger partial charge >= 0.3 is 6.03 Å². The molecule has 0 spiro atoms. The van der Waals surface area contributed by atoms with Crippen LogP contribution in [-0.4, -0.2) is 59.2 Å². The number of aryl methyl sites for hydroxylation is 2. The number of hydrogen-bond donors (Lipinski definition) is 1. The fourth-order valence-electron chi connectivity index (χ4n) is 3.10. The summed E-state index contributed by atoms with van der Waals surface area (Å²) in [6, 6.07) is 11.3. The topological polar surface area (TPSA) is 66.8 Å². The lowest BCUT2D eigenvalue weighted by Crippen LogP contribution is -2.48. The van der Waals surface area contributed by atoms with E-state index in [1.165, 1.54) is 5.56 Å². The highest BCUT2D eigenvalue weighted by atomic mass is 16.5. The molecule has 0 unspecified atom stereocenters. The van der Waals surface area contributed by atoms with Crippen LogP contribution in [0.5, 0.6) is 0 Å². The summed E-state index contributed by atoms with van der Waals surface area (Å²) in [7, 11) is 3.56. The maximum atomic E-state index is 13.1. The summed E-state index contributed by atoms with van der Waals surface area (Å²) in [6.07, 6.45) is 2.89. The average molecular weight is 415 g/mol. The van der Waals surface area contributed by atoms with Gasteiger partial charge in [-0.15, -0.1) is 0 Å². The van der Waals surface area contributed by atoms with Crippen LogP contribution in [-0.2, 0) is 29.5 Å². The first-order valence-corrected chi connectivity index (χ1v) is 10.4. The first kappa shape index (κ1) is 23.5. The normalized spacial score (nSPS) is 10.9. The molecule has 7 heteroatoms. The summed E-state index contributed by atoms with van der Waals surface area (Å²) in [5.41, 5.74) is 2.95. The highest BCUT2D eigenvalue weighted by molar-refractivity contribution is 5.92. The van der Waals surface area contributed by atoms with Crippen molar-refractivity contribution in [3.05, 3.63) is 53.9 Å². The Morgan fingerprint density at radius 1 is 1.17 bits per heavy atom. The van der Waals surface area contributed by atoms with Gasteiger partial charge in [-0.3, -0.25) is 4.79 Å². The molecule has 0 bridgehead atoms. The summed E-state index contributed by atoms with van der Waals surface area (Å²) in [4.78, 5) is 29.2. The van der Waals surface area contributed by atoms with Crippen LogP contribution in [0.2, 0.25) is 0 Å². The van der Waals surface area contributed by atoms with E-state index in [0.29, 0.717) is 19.7 Å². The molecule has 0 aliphatic heterocycles. The molecule has 0 saturated carbocycles. The third kappa shape index (κ3) is 6.62. The summed E-state index contributed by atoms with van der Waals surface area (Å²) >= 11 is 0. The summed E-state index contributed by atoms with van der Waals surface area (Å²) in [6.45, 7) is 7.28. The number of rotatable bonds is 10. The van der Waals surface area contributed by atoms with Crippen LogP contribution in [0.25, 0.3) is 0 Å². The molecule has 1 heterocycles. The maximum Gasteiger partial charge on any atom is 0.322 e. The van der Waals surface area contributed by atoms with Gasteiger partial charge in [-0.2, -0.15) is 0 Å². The van der Waals surface area contributed by atoms with Crippen molar-refractivity contribution in [3.8, 4) is 0 Å². The second-order valence-electron chi connectivity index (χ2n) is 7.62. The van der Waals surface area contributed by atoms with Crippen molar-refractivity contribution in [3.63, 3.8) is 0 Å². The van der Waals surface area contributed by atoms with Crippen LogP contribution in [0.3, 0.4) is 0 Å². The Hall–Kier alpha value is -2.80. The number of urea groups is 1.